The number of anilines is 1. The van der Waals surface area contributed by atoms with Crippen LogP contribution >= 0.6 is 0 Å². The second kappa shape index (κ2) is 8.10. The first kappa shape index (κ1) is 21.0. The first-order valence-corrected chi connectivity index (χ1v) is 10.4. The van der Waals surface area contributed by atoms with Gasteiger partial charge in [0.1, 0.15) is 23.9 Å². The van der Waals surface area contributed by atoms with Gasteiger partial charge in [0.15, 0.2) is 0 Å². The normalized spacial score (nSPS) is 14.3. The van der Waals surface area contributed by atoms with Crippen LogP contribution in [0.5, 0.6) is 11.5 Å². The average Bonchev–Trinajstić information content (AvgIpc) is 2.71. The second-order valence-electron chi connectivity index (χ2n) is 8.64. The van der Waals surface area contributed by atoms with E-state index in [1.54, 1.807) is 13.2 Å². The van der Waals surface area contributed by atoms with E-state index in [0.717, 1.165) is 39.3 Å². The first-order valence-electron chi connectivity index (χ1n) is 10.4. The van der Waals surface area contributed by atoms with E-state index < -0.39 is 0 Å². The van der Waals surface area contributed by atoms with Crippen molar-refractivity contribution in [3.8, 4) is 22.6 Å². The third-order valence-electron chi connectivity index (χ3n) is 5.57. The monoisotopic (exact) mass is 417 g/mol. The van der Waals surface area contributed by atoms with Crippen LogP contribution < -0.4 is 14.8 Å². The molecule has 3 nitrogen and oxygen atoms in total. The van der Waals surface area contributed by atoms with Crippen molar-refractivity contribution in [2.75, 3.05) is 12.4 Å². The number of halogens is 1. The highest BCUT2D eigenvalue weighted by molar-refractivity contribution is 5.88. The molecule has 3 aromatic carbocycles. The summed E-state index contributed by atoms with van der Waals surface area (Å²) in [4.78, 5) is 0. The van der Waals surface area contributed by atoms with Crippen LogP contribution in [0.3, 0.4) is 0 Å². The summed E-state index contributed by atoms with van der Waals surface area (Å²) in [5, 5.41) is 3.61. The number of ether oxygens (including phenoxy) is 2. The lowest BCUT2D eigenvalue weighted by Gasteiger charge is -2.33. The third kappa shape index (κ3) is 4.29. The van der Waals surface area contributed by atoms with Crippen LogP contribution in [-0.2, 0) is 6.61 Å². The largest absolute Gasteiger partial charge is 0.496 e. The molecule has 0 fully saturated rings. The van der Waals surface area contributed by atoms with E-state index in [2.05, 4.69) is 44.3 Å². The summed E-state index contributed by atoms with van der Waals surface area (Å²) >= 11 is 0. The van der Waals surface area contributed by atoms with E-state index in [1.807, 2.05) is 31.2 Å². The topological polar surface area (TPSA) is 30.5 Å². The molecule has 0 unspecified atom stereocenters. The Bertz CT molecular complexity index is 1160. The predicted molar refractivity (Wildman–Crippen MR) is 125 cm³/mol. The molecule has 160 valence electrons. The van der Waals surface area contributed by atoms with Gasteiger partial charge in [-0.05, 0) is 74.7 Å². The SMILES string of the molecule is COc1cc(F)ccc1-c1ccc2c(c1COc1cccc(C)c1)C(C)=CC(C)(C)N2. The summed E-state index contributed by atoms with van der Waals surface area (Å²) in [6, 6.07) is 16.8. The van der Waals surface area contributed by atoms with E-state index >= 15 is 0 Å². The molecule has 0 saturated carbocycles. The summed E-state index contributed by atoms with van der Waals surface area (Å²) in [5.74, 6) is 0.999. The lowest BCUT2D eigenvalue weighted by Crippen LogP contribution is -2.32. The zero-order chi connectivity index (χ0) is 22.2. The number of benzene rings is 3. The van der Waals surface area contributed by atoms with Gasteiger partial charge in [-0.15, -0.1) is 0 Å². The lowest BCUT2D eigenvalue weighted by atomic mass is 9.85. The molecule has 1 aliphatic heterocycles. The molecular weight excluding hydrogens is 389 g/mol. The molecular formula is C27H28FNO2. The molecule has 1 N–H and O–H groups in total. The fraction of sp³-hybridized carbons (Fsp3) is 0.259. The van der Waals surface area contributed by atoms with Gasteiger partial charge in [-0.2, -0.15) is 0 Å². The van der Waals surface area contributed by atoms with Crippen LogP contribution in [0.2, 0.25) is 0 Å². The number of nitrogens with one attached hydrogen (secondary N) is 1. The highest BCUT2D eigenvalue weighted by Gasteiger charge is 2.27. The number of hydrogen-bond acceptors (Lipinski definition) is 3. The van der Waals surface area contributed by atoms with Crippen LogP contribution in [0.1, 0.15) is 37.5 Å². The Balaban J connectivity index is 1.87. The Labute approximate surface area is 183 Å². The molecule has 0 bridgehead atoms. The number of aryl methyl sites for hydroxylation is 1. The van der Waals surface area contributed by atoms with Crippen molar-refractivity contribution in [2.24, 2.45) is 0 Å². The zero-order valence-electron chi connectivity index (χ0n) is 18.7. The van der Waals surface area contributed by atoms with Gasteiger partial charge in [-0.1, -0.05) is 24.3 Å². The minimum absolute atomic E-state index is 0.138. The lowest BCUT2D eigenvalue weighted by molar-refractivity contribution is 0.306. The minimum Gasteiger partial charge on any atom is -0.496 e. The summed E-state index contributed by atoms with van der Waals surface area (Å²) in [6.07, 6.45) is 2.23. The molecule has 0 aromatic heterocycles. The first-order chi connectivity index (χ1) is 14.8. The average molecular weight is 418 g/mol. The standard InChI is InChI=1S/C27H28FNO2/c1-17-7-6-8-20(13-17)31-16-23-21(22-10-9-19(28)14-25(22)30-5)11-12-24-26(23)18(2)15-27(3,4)29-24/h6-15,29H,16H2,1-5H3. The van der Waals surface area contributed by atoms with Gasteiger partial charge in [0, 0.05) is 28.4 Å². The molecule has 0 amide bonds. The van der Waals surface area contributed by atoms with Crippen molar-refractivity contribution < 1.29 is 13.9 Å². The molecule has 0 radical (unpaired) electrons. The molecule has 1 aliphatic rings. The van der Waals surface area contributed by atoms with Crippen LogP contribution in [-0.4, -0.2) is 12.6 Å². The molecule has 0 atom stereocenters. The summed E-state index contributed by atoms with van der Waals surface area (Å²) in [6.45, 7) is 8.86. The van der Waals surface area contributed by atoms with Crippen molar-refractivity contribution in [1.29, 1.82) is 0 Å². The van der Waals surface area contributed by atoms with Crippen molar-refractivity contribution in [1.82, 2.24) is 0 Å². The van der Waals surface area contributed by atoms with Gasteiger partial charge in [-0.25, -0.2) is 4.39 Å². The maximum Gasteiger partial charge on any atom is 0.129 e. The van der Waals surface area contributed by atoms with Gasteiger partial charge >= 0.3 is 0 Å². The Morgan fingerprint density at radius 1 is 0.968 bits per heavy atom. The molecule has 4 heteroatoms. The van der Waals surface area contributed by atoms with Crippen molar-refractivity contribution in [2.45, 2.75) is 39.8 Å². The highest BCUT2D eigenvalue weighted by Crippen LogP contribution is 2.42. The molecule has 4 rings (SSSR count). The number of rotatable bonds is 5. The van der Waals surface area contributed by atoms with E-state index in [-0.39, 0.29) is 11.4 Å². The predicted octanol–water partition coefficient (Wildman–Crippen LogP) is 7.00. The summed E-state index contributed by atoms with van der Waals surface area (Å²) in [5.41, 5.74) is 7.23. The molecule has 0 spiro atoms. The van der Waals surface area contributed by atoms with Crippen molar-refractivity contribution in [3.63, 3.8) is 0 Å². The van der Waals surface area contributed by atoms with E-state index in [1.165, 1.54) is 17.7 Å². The van der Waals surface area contributed by atoms with Crippen LogP contribution in [0.4, 0.5) is 10.1 Å². The van der Waals surface area contributed by atoms with E-state index in [9.17, 15) is 4.39 Å². The number of allylic oxidation sites excluding steroid dienone is 1. The Morgan fingerprint density at radius 3 is 2.48 bits per heavy atom. The molecule has 0 aliphatic carbocycles. The van der Waals surface area contributed by atoms with Crippen LogP contribution in [0.25, 0.3) is 16.7 Å². The van der Waals surface area contributed by atoms with Crippen LogP contribution in [0.15, 0.2) is 60.7 Å². The fourth-order valence-corrected chi connectivity index (χ4v) is 4.35. The molecule has 31 heavy (non-hydrogen) atoms. The maximum atomic E-state index is 13.9. The van der Waals surface area contributed by atoms with Crippen molar-refractivity contribution >= 4 is 11.3 Å². The second-order valence-corrected chi connectivity index (χ2v) is 8.64. The zero-order valence-corrected chi connectivity index (χ0v) is 18.7. The highest BCUT2D eigenvalue weighted by atomic mass is 19.1. The fourth-order valence-electron chi connectivity index (χ4n) is 4.35. The Kier molecular flexibility index (Phi) is 5.48. The quantitative estimate of drug-likeness (QED) is 0.485. The minimum atomic E-state index is -0.324. The van der Waals surface area contributed by atoms with Crippen molar-refractivity contribution in [3.05, 3.63) is 83.2 Å². The molecule has 3 aromatic rings. The summed E-state index contributed by atoms with van der Waals surface area (Å²) in [7, 11) is 1.56. The van der Waals surface area contributed by atoms with E-state index in [4.69, 9.17) is 9.47 Å². The Morgan fingerprint density at radius 2 is 1.74 bits per heavy atom. The van der Waals surface area contributed by atoms with E-state index in [0.29, 0.717) is 12.4 Å². The number of hydrogen-bond donors (Lipinski definition) is 1. The molecule has 1 heterocycles. The Hall–Kier alpha value is -3.27. The van der Waals surface area contributed by atoms with Crippen LogP contribution in [0, 0.1) is 12.7 Å². The van der Waals surface area contributed by atoms with Gasteiger partial charge in [0.2, 0.25) is 0 Å². The van der Waals surface area contributed by atoms with Gasteiger partial charge in [0.25, 0.3) is 0 Å². The smallest absolute Gasteiger partial charge is 0.129 e. The third-order valence-corrected chi connectivity index (χ3v) is 5.57. The number of methoxy groups -OCH3 is 1. The summed E-state index contributed by atoms with van der Waals surface area (Å²) < 4.78 is 25.6. The van der Waals surface area contributed by atoms with Gasteiger partial charge in [0.05, 0.1) is 12.6 Å². The van der Waals surface area contributed by atoms with Gasteiger partial charge in [-0.3, -0.25) is 0 Å². The number of fused-ring (bicyclic) bond motifs is 1. The molecule has 0 saturated heterocycles. The maximum absolute atomic E-state index is 13.9. The van der Waals surface area contributed by atoms with Gasteiger partial charge < -0.3 is 14.8 Å².